The largest absolute Gasteiger partial charge is 0.391 e. The summed E-state index contributed by atoms with van der Waals surface area (Å²) in [6, 6.07) is 5.08. The van der Waals surface area contributed by atoms with E-state index in [0.29, 0.717) is 23.6 Å². The average molecular weight is 261 g/mol. The van der Waals surface area contributed by atoms with E-state index in [1.807, 2.05) is 19.9 Å². The van der Waals surface area contributed by atoms with E-state index >= 15 is 0 Å². The highest BCUT2D eigenvalue weighted by molar-refractivity contribution is 5.92. The number of carbonyl (C=O) groups is 1. The van der Waals surface area contributed by atoms with Gasteiger partial charge in [-0.05, 0) is 31.4 Å². The first-order valence-corrected chi connectivity index (χ1v) is 6.28. The van der Waals surface area contributed by atoms with Crippen molar-refractivity contribution in [3.63, 3.8) is 0 Å². The van der Waals surface area contributed by atoms with E-state index < -0.39 is 6.10 Å². The third-order valence-electron chi connectivity index (χ3n) is 2.68. The number of aryl methyl sites for hydroxylation is 1. The Hall–Kier alpha value is -1.93. The number of hydrogen-bond donors (Lipinski definition) is 2. The van der Waals surface area contributed by atoms with Crippen LogP contribution < -0.4 is 5.32 Å². The molecule has 2 N–H and O–H groups in total. The summed E-state index contributed by atoms with van der Waals surface area (Å²) in [4.78, 5) is 15.9. The number of nitrogens with zero attached hydrogens (tertiary/aromatic N) is 2. The highest BCUT2D eigenvalue weighted by atomic mass is 16.3. The van der Waals surface area contributed by atoms with E-state index in [4.69, 9.17) is 5.26 Å². The number of rotatable bonds is 5. The number of aliphatic hydroxyl groups excluding tert-OH is 1. The van der Waals surface area contributed by atoms with Crippen molar-refractivity contribution in [3.05, 3.63) is 29.1 Å². The summed E-state index contributed by atoms with van der Waals surface area (Å²) in [5.74, 6) is 0.0394. The molecule has 1 aromatic rings. The van der Waals surface area contributed by atoms with E-state index in [9.17, 15) is 9.90 Å². The van der Waals surface area contributed by atoms with Crippen molar-refractivity contribution < 1.29 is 9.90 Å². The van der Waals surface area contributed by atoms with Crippen LogP contribution >= 0.6 is 0 Å². The predicted octanol–water partition coefficient (Wildman–Crippen LogP) is 1.40. The third kappa shape index (κ3) is 4.68. The monoisotopic (exact) mass is 261 g/mol. The molecule has 0 bridgehead atoms. The van der Waals surface area contributed by atoms with E-state index in [1.54, 1.807) is 13.0 Å². The summed E-state index contributed by atoms with van der Waals surface area (Å²) in [6.45, 7) is 5.91. The van der Waals surface area contributed by atoms with Gasteiger partial charge in [0.05, 0.1) is 17.4 Å². The fourth-order valence-corrected chi connectivity index (χ4v) is 1.73. The Balaban J connectivity index is 2.59. The standard InChI is InChI=1S/C14H19N3O2/c1-9(2)6-12(18)8-16-14(19)13-5-4-11(7-15)10(3)17-13/h4-5,9,12,18H,6,8H2,1-3H3,(H,16,19). The first-order valence-electron chi connectivity index (χ1n) is 6.28. The molecule has 0 aromatic carbocycles. The topological polar surface area (TPSA) is 86.0 Å². The molecule has 0 aliphatic rings. The van der Waals surface area contributed by atoms with Crippen molar-refractivity contribution in [2.75, 3.05) is 6.54 Å². The van der Waals surface area contributed by atoms with Crippen LogP contribution in [0.15, 0.2) is 12.1 Å². The van der Waals surface area contributed by atoms with Crippen LogP contribution in [0, 0.1) is 24.2 Å². The Labute approximate surface area is 113 Å². The lowest BCUT2D eigenvalue weighted by Crippen LogP contribution is -2.33. The van der Waals surface area contributed by atoms with Crippen LogP contribution in [0.5, 0.6) is 0 Å². The molecule has 19 heavy (non-hydrogen) atoms. The lowest BCUT2D eigenvalue weighted by molar-refractivity contribution is 0.0895. The molecule has 1 aromatic heterocycles. The Bertz CT molecular complexity index is 492. The maximum absolute atomic E-state index is 11.8. The van der Waals surface area contributed by atoms with Gasteiger partial charge in [-0.3, -0.25) is 4.79 Å². The van der Waals surface area contributed by atoms with Crippen LogP contribution in [-0.4, -0.2) is 28.6 Å². The smallest absolute Gasteiger partial charge is 0.269 e. The van der Waals surface area contributed by atoms with E-state index in [-0.39, 0.29) is 18.1 Å². The second-order valence-corrected chi connectivity index (χ2v) is 4.93. The van der Waals surface area contributed by atoms with Gasteiger partial charge in [0.15, 0.2) is 0 Å². The Morgan fingerprint density at radius 1 is 1.53 bits per heavy atom. The van der Waals surface area contributed by atoms with Gasteiger partial charge in [-0.2, -0.15) is 5.26 Å². The average Bonchev–Trinajstić information content (AvgIpc) is 2.35. The zero-order valence-corrected chi connectivity index (χ0v) is 11.5. The van der Waals surface area contributed by atoms with Crippen molar-refractivity contribution in [3.8, 4) is 6.07 Å². The zero-order chi connectivity index (χ0) is 14.4. The first kappa shape index (κ1) is 15.1. The summed E-state index contributed by atoms with van der Waals surface area (Å²) >= 11 is 0. The molecule has 1 rings (SSSR count). The molecule has 102 valence electrons. The van der Waals surface area contributed by atoms with Gasteiger partial charge in [0.2, 0.25) is 0 Å². The van der Waals surface area contributed by atoms with Crippen LogP contribution in [0.2, 0.25) is 0 Å². The number of carbonyl (C=O) groups excluding carboxylic acids is 1. The Morgan fingerprint density at radius 3 is 2.74 bits per heavy atom. The molecule has 0 aliphatic carbocycles. The summed E-state index contributed by atoms with van der Waals surface area (Å²) < 4.78 is 0. The van der Waals surface area contributed by atoms with Gasteiger partial charge < -0.3 is 10.4 Å². The van der Waals surface area contributed by atoms with Crippen molar-refractivity contribution in [1.82, 2.24) is 10.3 Å². The Morgan fingerprint density at radius 2 is 2.21 bits per heavy atom. The summed E-state index contributed by atoms with van der Waals surface area (Å²) in [7, 11) is 0. The molecule has 1 atom stereocenters. The molecular formula is C14H19N3O2. The summed E-state index contributed by atoms with van der Waals surface area (Å²) in [5, 5.41) is 21.1. The summed E-state index contributed by atoms with van der Waals surface area (Å²) in [6.07, 6.45) is 0.0866. The SMILES string of the molecule is Cc1nc(C(=O)NCC(O)CC(C)C)ccc1C#N. The lowest BCUT2D eigenvalue weighted by Gasteiger charge is -2.13. The molecule has 5 nitrogen and oxygen atoms in total. The third-order valence-corrected chi connectivity index (χ3v) is 2.68. The van der Waals surface area contributed by atoms with Crippen molar-refractivity contribution in [2.24, 2.45) is 5.92 Å². The first-order chi connectivity index (χ1) is 8.93. The predicted molar refractivity (Wildman–Crippen MR) is 71.5 cm³/mol. The molecule has 0 spiro atoms. The number of nitriles is 1. The van der Waals surface area contributed by atoms with Gasteiger partial charge in [0, 0.05) is 6.54 Å². The van der Waals surface area contributed by atoms with E-state index in [1.165, 1.54) is 6.07 Å². The minimum atomic E-state index is -0.552. The number of amides is 1. The van der Waals surface area contributed by atoms with Crippen molar-refractivity contribution >= 4 is 5.91 Å². The molecule has 1 amide bonds. The van der Waals surface area contributed by atoms with Crippen molar-refractivity contribution in [1.29, 1.82) is 5.26 Å². The molecule has 0 radical (unpaired) electrons. The quantitative estimate of drug-likeness (QED) is 0.838. The van der Waals surface area contributed by atoms with Gasteiger partial charge in [-0.15, -0.1) is 0 Å². The van der Waals surface area contributed by atoms with Gasteiger partial charge in [0.1, 0.15) is 11.8 Å². The number of aliphatic hydroxyl groups is 1. The minimum absolute atomic E-state index is 0.206. The van der Waals surface area contributed by atoms with E-state index in [0.717, 1.165) is 0 Å². The number of pyridine rings is 1. The minimum Gasteiger partial charge on any atom is -0.391 e. The molecule has 0 saturated heterocycles. The molecule has 1 heterocycles. The van der Waals surface area contributed by atoms with Crippen LogP contribution in [0.3, 0.4) is 0 Å². The van der Waals surface area contributed by atoms with Gasteiger partial charge in [-0.25, -0.2) is 4.98 Å². The van der Waals surface area contributed by atoms with Gasteiger partial charge >= 0.3 is 0 Å². The number of nitrogens with one attached hydrogen (secondary N) is 1. The highest BCUT2D eigenvalue weighted by Gasteiger charge is 2.12. The van der Waals surface area contributed by atoms with Gasteiger partial charge in [-0.1, -0.05) is 13.8 Å². The number of hydrogen-bond acceptors (Lipinski definition) is 4. The zero-order valence-electron chi connectivity index (χ0n) is 11.5. The van der Waals surface area contributed by atoms with Crippen LogP contribution in [0.4, 0.5) is 0 Å². The van der Waals surface area contributed by atoms with E-state index in [2.05, 4.69) is 10.3 Å². The second kappa shape index (κ2) is 6.86. The molecule has 0 fully saturated rings. The molecule has 1 unspecified atom stereocenters. The van der Waals surface area contributed by atoms with Crippen LogP contribution in [0.25, 0.3) is 0 Å². The molecule has 5 heteroatoms. The van der Waals surface area contributed by atoms with Crippen molar-refractivity contribution in [2.45, 2.75) is 33.3 Å². The van der Waals surface area contributed by atoms with Crippen LogP contribution in [-0.2, 0) is 0 Å². The highest BCUT2D eigenvalue weighted by Crippen LogP contribution is 2.06. The van der Waals surface area contributed by atoms with Crippen LogP contribution in [0.1, 0.15) is 42.0 Å². The Kier molecular flexibility index (Phi) is 5.46. The maximum Gasteiger partial charge on any atom is 0.269 e. The normalized spacial score (nSPS) is 12.0. The number of aromatic nitrogens is 1. The second-order valence-electron chi connectivity index (χ2n) is 4.93. The molecular weight excluding hydrogens is 242 g/mol. The fourth-order valence-electron chi connectivity index (χ4n) is 1.73. The molecule has 0 aliphatic heterocycles. The van der Waals surface area contributed by atoms with Gasteiger partial charge in [0.25, 0.3) is 5.91 Å². The summed E-state index contributed by atoms with van der Waals surface area (Å²) in [5.41, 5.74) is 1.24. The lowest BCUT2D eigenvalue weighted by atomic mass is 10.1. The molecule has 0 saturated carbocycles. The fraction of sp³-hybridized carbons (Fsp3) is 0.500. The maximum atomic E-state index is 11.8.